The lowest BCUT2D eigenvalue weighted by Crippen LogP contribution is -2.47. The largest absolute Gasteiger partial charge is 0.478 e. The van der Waals surface area contributed by atoms with Gasteiger partial charge in [0.1, 0.15) is 5.75 Å². The van der Waals surface area contributed by atoms with Crippen molar-refractivity contribution in [1.29, 1.82) is 0 Å². The molecule has 0 radical (unpaired) electrons. The van der Waals surface area contributed by atoms with E-state index in [9.17, 15) is 18.0 Å². The van der Waals surface area contributed by atoms with E-state index >= 15 is 0 Å². The molecule has 6 heteroatoms. The molecule has 124 valence electrons. The van der Waals surface area contributed by atoms with Crippen molar-refractivity contribution in [2.75, 3.05) is 0 Å². The van der Waals surface area contributed by atoms with Gasteiger partial charge in [0.25, 0.3) is 0 Å². The van der Waals surface area contributed by atoms with E-state index in [2.05, 4.69) is 0 Å². The second kappa shape index (κ2) is 7.51. The van der Waals surface area contributed by atoms with Crippen LogP contribution in [-0.2, 0) is 0 Å². The summed E-state index contributed by atoms with van der Waals surface area (Å²) in [7, 11) is 0. The third kappa shape index (κ3) is 4.93. The molecule has 0 aliphatic heterocycles. The summed E-state index contributed by atoms with van der Waals surface area (Å²) >= 11 is 0. The SMILES string of the molecule is CCCCCCC(C)(Oc1ccc(C(=O)O)cc1)C(F)(F)F. The van der Waals surface area contributed by atoms with Crippen LogP contribution in [0.15, 0.2) is 24.3 Å². The number of hydrogen-bond donors (Lipinski definition) is 1. The van der Waals surface area contributed by atoms with Crippen LogP contribution in [0.1, 0.15) is 56.3 Å². The van der Waals surface area contributed by atoms with Crippen molar-refractivity contribution in [3.8, 4) is 5.75 Å². The van der Waals surface area contributed by atoms with Crippen molar-refractivity contribution in [1.82, 2.24) is 0 Å². The van der Waals surface area contributed by atoms with Crippen molar-refractivity contribution >= 4 is 5.97 Å². The lowest BCUT2D eigenvalue weighted by Gasteiger charge is -2.33. The van der Waals surface area contributed by atoms with E-state index in [1.807, 2.05) is 6.92 Å². The van der Waals surface area contributed by atoms with Gasteiger partial charge in [0.2, 0.25) is 5.60 Å². The topological polar surface area (TPSA) is 46.5 Å². The number of benzene rings is 1. The van der Waals surface area contributed by atoms with Crippen LogP contribution >= 0.6 is 0 Å². The number of carboxylic acids is 1. The van der Waals surface area contributed by atoms with Gasteiger partial charge in [-0.15, -0.1) is 0 Å². The van der Waals surface area contributed by atoms with E-state index in [0.29, 0.717) is 6.42 Å². The molecule has 3 nitrogen and oxygen atoms in total. The van der Waals surface area contributed by atoms with E-state index in [0.717, 1.165) is 26.2 Å². The van der Waals surface area contributed by atoms with Crippen LogP contribution in [0, 0.1) is 0 Å². The maximum atomic E-state index is 13.3. The number of aromatic carboxylic acids is 1. The molecule has 22 heavy (non-hydrogen) atoms. The minimum atomic E-state index is -4.50. The van der Waals surface area contributed by atoms with E-state index in [4.69, 9.17) is 9.84 Å². The number of halogens is 3. The Kier molecular flexibility index (Phi) is 6.26. The summed E-state index contributed by atoms with van der Waals surface area (Å²) in [4.78, 5) is 10.7. The Bertz CT molecular complexity index is 482. The molecule has 1 rings (SSSR count). The number of unbranched alkanes of at least 4 members (excludes halogenated alkanes) is 3. The van der Waals surface area contributed by atoms with Gasteiger partial charge in [-0.05, 0) is 44.0 Å². The van der Waals surface area contributed by atoms with Gasteiger partial charge in [0, 0.05) is 0 Å². The maximum Gasteiger partial charge on any atom is 0.427 e. The van der Waals surface area contributed by atoms with Crippen LogP contribution < -0.4 is 4.74 Å². The second-order valence-electron chi connectivity index (χ2n) is 5.47. The molecule has 0 fully saturated rings. The lowest BCUT2D eigenvalue weighted by molar-refractivity contribution is -0.244. The smallest absolute Gasteiger partial charge is 0.427 e. The van der Waals surface area contributed by atoms with Gasteiger partial charge in [0.15, 0.2) is 0 Å². The fourth-order valence-corrected chi connectivity index (χ4v) is 2.07. The van der Waals surface area contributed by atoms with Gasteiger partial charge in [-0.1, -0.05) is 26.2 Å². The average Bonchev–Trinajstić information content (AvgIpc) is 2.43. The van der Waals surface area contributed by atoms with Crippen LogP contribution in [-0.4, -0.2) is 22.9 Å². The quantitative estimate of drug-likeness (QED) is 0.682. The molecule has 0 saturated carbocycles. The van der Waals surface area contributed by atoms with Gasteiger partial charge in [-0.25, -0.2) is 4.79 Å². The van der Waals surface area contributed by atoms with Gasteiger partial charge in [0.05, 0.1) is 5.56 Å². The monoisotopic (exact) mass is 318 g/mol. The molecule has 1 unspecified atom stereocenters. The molecule has 0 amide bonds. The van der Waals surface area contributed by atoms with Crippen LogP contribution in [0.3, 0.4) is 0 Å². The number of alkyl halides is 3. The third-order valence-corrected chi connectivity index (χ3v) is 3.55. The van der Waals surface area contributed by atoms with Gasteiger partial charge in [-0.2, -0.15) is 13.2 Å². The van der Waals surface area contributed by atoms with Crippen LogP contribution in [0.2, 0.25) is 0 Å². The number of rotatable bonds is 8. The van der Waals surface area contributed by atoms with E-state index < -0.39 is 17.7 Å². The van der Waals surface area contributed by atoms with Crippen molar-refractivity contribution in [2.45, 2.75) is 57.7 Å². The Hall–Kier alpha value is -1.72. The Morgan fingerprint density at radius 2 is 1.73 bits per heavy atom. The molecular weight excluding hydrogens is 297 g/mol. The molecule has 0 aliphatic rings. The zero-order valence-electron chi connectivity index (χ0n) is 12.7. The second-order valence-corrected chi connectivity index (χ2v) is 5.47. The summed E-state index contributed by atoms with van der Waals surface area (Å²) < 4.78 is 45.0. The maximum absolute atomic E-state index is 13.3. The molecule has 0 saturated heterocycles. The Morgan fingerprint density at radius 1 is 1.14 bits per heavy atom. The van der Waals surface area contributed by atoms with Gasteiger partial charge >= 0.3 is 12.1 Å². The fraction of sp³-hybridized carbons (Fsp3) is 0.562. The predicted octanol–water partition coefficient (Wildman–Crippen LogP) is 5.06. The first-order valence-electron chi connectivity index (χ1n) is 7.28. The Balaban J connectivity index is 2.82. The molecule has 0 aliphatic carbocycles. The fourth-order valence-electron chi connectivity index (χ4n) is 2.07. The summed E-state index contributed by atoms with van der Waals surface area (Å²) in [5.41, 5.74) is -2.27. The van der Waals surface area contributed by atoms with Gasteiger partial charge in [-0.3, -0.25) is 0 Å². The first kappa shape index (κ1) is 18.3. The molecular formula is C16H21F3O3. The number of carboxylic acid groups (broad SMARTS) is 1. The zero-order valence-corrected chi connectivity index (χ0v) is 12.7. The highest BCUT2D eigenvalue weighted by Gasteiger charge is 2.53. The number of ether oxygens (including phenoxy) is 1. The van der Waals surface area contributed by atoms with E-state index in [-0.39, 0.29) is 17.7 Å². The van der Waals surface area contributed by atoms with Crippen molar-refractivity contribution in [2.24, 2.45) is 0 Å². The summed E-state index contributed by atoms with van der Waals surface area (Å²) in [6, 6.07) is 4.95. The van der Waals surface area contributed by atoms with E-state index in [1.165, 1.54) is 24.3 Å². The molecule has 0 heterocycles. The van der Waals surface area contributed by atoms with Crippen molar-refractivity contribution in [3.63, 3.8) is 0 Å². The molecule has 0 aromatic heterocycles. The summed E-state index contributed by atoms with van der Waals surface area (Å²) in [5.74, 6) is -1.12. The summed E-state index contributed by atoms with van der Waals surface area (Å²) in [6.45, 7) is 3.02. The molecule has 0 bridgehead atoms. The molecule has 1 N–H and O–H groups in total. The highest BCUT2D eigenvalue weighted by atomic mass is 19.4. The summed E-state index contributed by atoms with van der Waals surface area (Å²) in [6.07, 6.45) is -1.64. The van der Waals surface area contributed by atoms with Crippen molar-refractivity contribution < 1.29 is 27.8 Å². The highest BCUT2D eigenvalue weighted by molar-refractivity contribution is 5.87. The van der Waals surface area contributed by atoms with Crippen LogP contribution in [0.4, 0.5) is 13.2 Å². The molecule has 1 aromatic carbocycles. The van der Waals surface area contributed by atoms with Crippen LogP contribution in [0.25, 0.3) is 0 Å². The highest BCUT2D eigenvalue weighted by Crippen LogP contribution is 2.38. The molecule has 1 aromatic rings. The summed E-state index contributed by atoms with van der Waals surface area (Å²) in [5, 5.41) is 8.78. The first-order chi connectivity index (χ1) is 10.2. The number of hydrogen-bond acceptors (Lipinski definition) is 2. The van der Waals surface area contributed by atoms with Crippen LogP contribution in [0.5, 0.6) is 5.75 Å². The first-order valence-corrected chi connectivity index (χ1v) is 7.28. The third-order valence-electron chi connectivity index (χ3n) is 3.55. The minimum Gasteiger partial charge on any atom is -0.478 e. The normalized spacial score (nSPS) is 14.4. The van der Waals surface area contributed by atoms with Crippen molar-refractivity contribution in [3.05, 3.63) is 29.8 Å². The minimum absolute atomic E-state index is 0.00371. The number of carbonyl (C=O) groups is 1. The van der Waals surface area contributed by atoms with E-state index in [1.54, 1.807) is 0 Å². The lowest BCUT2D eigenvalue weighted by atomic mass is 9.96. The molecule has 1 atom stereocenters. The standard InChI is InChI=1S/C16H21F3O3/c1-3-4-5-6-11-15(2,16(17,18)19)22-13-9-7-12(8-10-13)14(20)21/h7-10H,3-6,11H2,1-2H3,(H,20,21). The zero-order chi connectivity index (χ0) is 16.8. The predicted molar refractivity (Wildman–Crippen MR) is 77.2 cm³/mol. The van der Waals surface area contributed by atoms with Gasteiger partial charge < -0.3 is 9.84 Å². The Morgan fingerprint density at radius 3 is 2.18 bits per heavy atom. The Labute approximate surface area is 128 Å². The average molecular weight is 318 g/mol. The molecule has 0 spiro atoms.